The van der Waals surface area contributed by atoms with Gasteiger partial charge in [0.25, 0.3) is 0 Å². The number of benzene rings is 1. The fourth-order valence-corrected chi connectivity index (χ4v) is 1.30. The lowest BCUT2D eigenvalue weighted by atomic mass is 10.1. The Kier molecular flexibility index (Phi) is 5.03. The molecule has 0 aliphatic rings. The Morgan fingerprint density at radius 2 is 2.18 bits per heavy atom. The van der Waals surface area contributed by atoms with Crippen LogP contribution in [0, 0.1) is 17.6 Å². The molecule has 1 aromatic carbocycles. The lowest BCUT2D eigenvalue weighted by Gasteiger charge is -2.09. The maximum atomic E-state index is 13.2. The van der Waals surface area contributed by atoms with Crippen LogP contribution in [0.15, 0.2) is 18.2 Å². The minimum Gasteiger partial charge on any atom is -0.330 e. The molecule has 0 bridgehead atoms. The second-order valence-corrected chi connectivity index (χ2v) is 4.05. The first kappa shape index (κ1) is 13.6. The highest BCUT2D eigenvalue weighted by Crippen LogP contribution is 2.15. The Hall–Kier alpha value is -1.49. The van der Waals surface area contributed by atoms with Gasteiger partial charge in [-0.25, -0.2) is 8.78 Å². The topological polar surface area (TPSA) is 55.1 Å². The number of hydrogen-bond acceptors (Lipinski definition) is 2. The van der Waals surface area contributed by atoms with Gasteiger partial charge in [0.1, 0.15) is 11.6 Å². The zero-order valence-corrected chi connectivity index (χ0v) is 9.67. The van der Waals surface area contributed by atoms with Crippen LogP contribution in [0.5, 0.6) is 0 Å². The highest BCUT2D eigenvalue weighted by atomic mass is 19.1. The molecule has 0 aliphatic heterocycles. The molecule has 0 saturated carbocycles. The zero-order valence-electron chi connectivity index (χ0n) is 9.67. The standard InChI is InChI=1S/C12H16F2N2O/c1-8(7-15)2-5-12(17)16-11-4-3-9(13)6-10(11)14/h3-4,6,8H,2,5,7,15H2,1H3,(H,16,17). The van der Waals surface area contributed by atoms with E-state index in [9.17, 15) is 13.6 Å². The molecular weight excluding hydrogens is 226 g/mol. The number of halogens is 2. The lowest BCUT2D eigenvalue weighted by molar-refractivity contribution is -0.116. The van der Waals surface area contributed by atoms with Crippen molar-refractivity contribution in [2.24, 2.45) is 11.7 Å². The number of carbonyl (C=O) groups excluding carboxylic acids is 1. The first-order valence-corrected chi connectivity index (χ1v) is 5.48. The number of nitrogens with two attached hydrogens (primary N) is 1. The predicted octanol–water partition coefficient (Wildman–Crippen LogP) is 2.28. The van der Waals surface area contributed by atoms with Crippen LogP contribution in [0.4, 0.5) is 14.5 Å². The second kappa shape index (κ2) is 6.30. The van der Waals surface area contributed by atoms with Crippen molar-refractivity contribution < 1.29 is 13.6 Å². The van der Waals surface area contributed by atoms with Crippen LogP contribution in [-0.2, 0) is 4.79 Å². The molecule has 0 spiro atoms. The molecule has 17 heavy (non-hydrogen) atoms. The Balaban J connectivity index is 2.50. The Morgan fingerprint density at radius 1 is 1.47 bits per heavy atom. The third-order valence-corrected chi connectivity index (χ3v) is 2.47. The van der Waals surface area contributed by atoms with E-state index in [1.165, 1.54) is 6.07 Å². The Labute approximate surface area is 99.0 Å². The molecule has 1 rings (SSSR count). The average molecular weight is 242 g/mol. The van der Waals surface area contributed by atoms with Crippen LogP contribution < -0.4 is 11.1 Å². The van der Waals surface area contributed by atoms with Crippen molar-refractivity contribution in [1.29, 1.82) is 0 Å². The van der Waals surface area contributed by atoms with Crippen LogP contribution >= 0.6 is 0 Å². The monoisotopic (exact) mass is 242 g/mol. The molecule has 0 aliphatic carbocycles. The molecule has 1 unspecified atom stereocenters. The second-order valence-electron chi connectivity index (χ2n) is 4.05. The Morgan fingerprint density at radius 3 is 2.76 bits per heavy atom. The van der Waals surface area contributed by atoms with Gasteiger partial charge in [0.05, 0.1) is 5.69 Å². The number of nitrogens with one attached hydrogen (secondary N) is 1. The molecule has 1 aromatic rings. The van der Waals surface area contributed by atoms with Gasteiger partial charge in [-0.2, -0.15) is 0 Å². The zero-order chi connectivity index (χ0) is 12.8. The van der Waals surface area contributed by atoms with Gasteiger partial charge >= 0.3 is 0 Å². The van der Waals surface area contributed by atoms with Crippen LogP contribution in [-0.4, -0.2) is 12.5 Å². The quantitative estimate of drug-likeness (QED) is 0.832. The van der Waals surface area contributed by atoms with E-state index in [1.54, 1.807) is 0 Å². The summed E-state index contributed by atoms with van der Waals surface area (Å²) in [4.78, 5) is 11.5. The van der Waals surface area contributed by atoms with E-state index >= 15 is 0 Å². The minimum atomic E-state index is -0.773. The SMILES string of the molecule is CC(CN)CCC(=O)Nc1ccc(F)cc1F. The molecule has 0 radical (unpaired) electrons. The fourth-order valence-electron chi connectivity index (χ4n) is 1.30. The molecule has 0 heterocycles. The summed E-state index contributed by atoms with van der Waals surface area (Å²) in [5, 5.41) is 2.40. The van der Waals surface area contributed by atoms with Gasteiger partial charge in [-0.15, -0.1) is 0 Å². The average Bonchev–Trinajstić information content (AvgIpc) is 2.29. The highest BCUT2D eigenvalue weighted by molar-refractivity contribution is 5.90. The van der Waals surface area contributed by atoms with Gasteiger partial charge in [-0.1, -0.05) is 6.92 Å². The first-order valence-electron chi connectivity index (χ1n) is 5.48. The van der Waals surface area contributed by atoms with Crippen LogP contribution in [0.25, 0.3) is 0 Å². The van der Waals surface area contributed by atoms with Crippen LogP contribution in [0.2, 0.25) is 0 Å². The molecule has 0 fully saturated rings. The molecule has 94 valence electrons. The third-order valence-electron chi connectivity index (χ3n) is 2.47. The number of carbonyl (C=O) groups is 1. The van der Waals surface area contributed by atoms with E-state index < -0.39 is 11.6 Å². The maximum absolute atomic E-state index is 13.2. The van der Waals surface area contributed by atoms with E-state index in [0.29, 0.717) is 13.0 Å². The molecule has 0 aromatic heterocycles. The van der Waals surface area contributed by atoms with Crippen molar-refractivity contribution in [1.82, 2.24) is 0 Å². The maximum Gasteiger partial charge on any atom is 0.224 e. The van der Waals surface area contributed by atoms with Crippen LogP contribution in [0.3, 0.4) is 0 Å². The first-order chi connectivity index (χ1) is 8.02. The van der Waals surface area contributed by atoms with E-state index in [4.69, 9.17) is 5.73 Å². The van der Waals surface area contributed by atoms with E-state index in [1.807, 2.05) is 6.92 Å². The normalized spacial score (nSPS) is 12.2. The van der Waals surface area contributed by atoms with Gasteiger partial charge in [0, 0.05) is 12.5 Å². The summed E-state index contributed by atoms with van der Waals surface area (Å²) in [5.74, 6) is -1.49. The van der Waals surface area contributed by atoms with E-state index in [2.05, 4.69) is 5.32 Å². The molecule has 5 heteroatoms. The summed E-state index contributed by atoms with van der Waals surface area (Å²) in [5.41, 5.74) is 5.42. The summed E-state index contributed by atoms with van der Waals surface area (Å²) in [6, 6.07) is 3.04. The summed E-state index contributed by atoms with van der Waals surface area (Å²) >= 11 is 0. The molecule has 3 nitrogen and oxygen atoms in total. The van der Waals surface area contributed by atoms with Gasteiger partial charge in [-0.3, -0.25) is 4.79 Å². The molecule has 3 N–H and O–H groups in total. The number of rotatable bonds is 5. The third kappa shape index (κ3) is 4.48. The van der Waals surface area contributed by atoms with Crippen molar-refractivity contribution in [3.8, 4) is 0 Å². The fraction of sp³-hybridized carbons (Fsp3) is 0.417. The van der Waals surface area contributed by atoms with Crippen molar-refractivity contribution in [3.63, 3.8) is 0 Å². The summed E-state index contributed by atoms with van der Waals surface area (Å²) in [7, 11) is 0. The van der Waals surface area contributed by atoms with Gasteiger partial charge in [0.15, 0.2) is 0 Å². The number of amides is 1. The van der Waals surface area contributed by atoms with Crippen molar-refractivity contribution in [2.75, 3.05) is 11.9 Å². The molecule has 1 atom stereocenters. The van der Waals surface area contributed by atoms with Gasteiger partial charge < -0.3 is 11.1 Å². The number of hydrogen-bond donors (Lipinski definition) is 2. The highest BCUT2D eigenvalue weighted by Gasteiger charge is 2.09. The smallest absolute Gasteiger partial charge is 0.224 e. The minimum absolute atomic E-state index is 0.00296. The molecular formula is C12H16F2N2O. The molecule has 0 saturated heterocycles. The predicted molar refractivity (Wildman–Crippen MR) is 62.4 cm³/mol. The lowest BCUT2D eigenvalue weighted by Crippen LogP contribution is -2.16. The molecule has 1 amide bonds. The van der Waals surface area contributed by atoms with Crippen molar-refractivity contribution >= 4 is 11.6 Å². The van der Waals surface area contributed by atoms with Gasteiger partial charge in [-0.05, 0) is 31.0 Å². The van der Waals surface area contributed by atoms with Gasteiger partial charge in [0.2, 0.25) is 5.91 Å². The number of anilines is 1. The Bertz CT molecular complexity index is 396. The van der Waals surface area contributed by atoms with Crippen molar-refractivity contribution in [2.45, 2.75) is 19.8 Å². The summed E-state index contributed by atoms with van der Waals surface area (Å²) < 4.78 is 25.8. The largest absolute Gasteiger partial charge is 0.330 e. The van der Waals surface area contributed by atoms with E-state index in [-0.39, 0.29) is 23.9 Å². The van der Waals surface area contributed by atoms with E-state index in [0.717, 1.165) is 12.1 Å². The summed E-state index contributed by atoms with van der Waals surface area (Å²) in [6.45, 7) is 2.45. The summed E-state index contributed by atoms with van der Waals surface area (Å²) in [6.07, 6.45) is 0.917. The van der Waals surface area contributed by atoms with Crippen molar-refractivity contribution in [3.05, 3.63) is 29.8 Å². The van der Waals surface area contributed by atoms with Crippen LogP contribution in [0.1, 0.15) is 19.8 Å².